The van der Waals surface area contributed by atoms with Gasteiger partial charge in [0.15, 0.2) is 0 Å². The van der Waals surface area contributed by atoms with Crippen LogP contribution in [0.15, 0.2) is 42.6 Å². The molecule has 0 radical (unpaired) electrons. The van der Waals surface area contributed by atoms with Gasteiger partial charge in [0.1, 0.15) is 11.8 Å². The van der Waals surface area contributed by atoms with E-state index in [-0.39, 0.29) is 65.7 Å². The number of carbonyl (C=O) groups excluding carboxylic acids is 1. The zero-order valence-corrected chi connectivity index (χ0v) is 22.5. The predicted octanol–water partition coefficient (Wildman–Crippen LogP) is -5.88. The first-order chi connectivity index (χ1) is 14.3. The van der Waals surface area contributed by atoms with E-state index in [9.17, 15) is 19.1 Å². The van der Waals surface area contributed by atoms with Gasteiger partial charge in [0.25, 0.3) is 0 Å². The van der Waals surface area contributed by atoms with Crippen molar-refractivity contribution in [3.63, 3.8) is 0 Å². The second-order valence-corrected chi connectivity index (χ2v) is 7.59. The number of ether oxygens (including phenoxy) is 1. The Hall–Kier alpha value is -1.18. The van der Waals surface area contributed by atoms with Gasteiger partial charge in [-0.05, 0) is 29.0 Å². The number of benzene rings is 1. The summed E-state index contributed by atoms with van der Waals surface area (Å²) in [5.74, 6) is 0.427. The Balaban J connectivity index is 0.00000181. The summed E-state index contributed by atoms with van der Waals surface area (Å²) in [5.41, 5.74) is 2.88. The van der Waals surface area contributed by atoms with Gasteiger partial charge in [-0.25, -0.2) is 4.79 Å². The molecule has 0 bridgehead atoms. The molecule has 1 aliphatic rings. The summed E-state index contributed by atoms with van der Waals surface area (Å²) < 4.78 is 19.8. The number of aromatic nitrogens is 5. The monoisotopic (exact) mass is 476 g/mol. The topological polar surface area (TPSA) is 158 Å². The third kappa shape index (κ3) is 6.67. The summed E-state index contributed by atoms with van der Waals surface area (Å²) in [5, 5.41) is 11.8. The Bertz CT molecular complexity index is 1110. The third-order valence-corrected chi connectivity index (χ3v) is 4.77. The van der Waals surface area contributed by atoms with Crippen molar-refractivity contribution in [2.24, 2.45) is 7.05 Å². The molecule has 4 rings (SSSR count). The van der Waals surface area contributed by atoms with E-state index in [0.29, 0.717) is 17.2 Å². The normalized spacial score (nSPS) is 15.7. The minimum absolute atomic E-state index is 0. The number of rotatable bonds is 6. The van der Waals surface area contributed by atoms with Gasteiger partial charge < -0.3 is 23.6 Å². The van der Waals surface area contributed by atoms with E-state index in [4.69, 9.17) is 4.74 Å². The minimum Gasteiger partial charge on any atom is -0.790 e. The van der Waals surface area contributed by atoms with E-state index in [1.807, 2.05) is 18.2 Å². The number of nitrogens with zero attached hydrogens (tertiary/aromatic N) is 6. The van der Waals surface area contributed by atoms with Crippen LogP contribution in [-0.2, 0) is 20.9 Å². The Morgan fingerprint density at radius 3 is 2.41 bits per heavy atom. The van der Waals surface area contributed by atoms with Crippen LogP contribution >= 0.6 is 7.82 Å². The SMILES string of the molecule is Cn1nnc(-c2ccc(-c3ccc(N4C[C@H](COP(=O)([O-])[O-])OC4=O)cc3)cn2)n1.[Na+].[Na+]. The number of tetrazole rings is 1. The Kier molecular flexibility index (Phi) is 9.56. The summed E-state index contributed by atoms with van der Waals surface area (Å²) in [4.78, 5) is 40.2. The van der Waals surface area contributed by atoms with Gasteiger partial charge in [0.05, 0.1) is 28.0 Å². The molecule has 1 saturated heterocycles. The number of amides is 1. The number of pyridine rings is 1. The van der Waals surface area contributed by atoms with Crippen molar-refractivity contribution in [1.82, 2.24) is 25.2 Å². The van der Waals surface area contributed by atoms with E-state index in [1.165, 1.54) is 9.70 Å². The molecule has 1 aliphatic heterocycles. The number of carbonyl (C=O) groups is 1. The first-order valence-electron chi connectivity index (χ1n) is 8.74. The summed E-state index contributed by atoms with van der Waals surface area (Å²) in [6.45, 7) is -0.442. The third-order valence-electron chi connectivity index (χ3n) is 4.31. The van der Waals surface area contributed by atoms with Crippen LogP contribution in [0.25, 0.3) is 22.6 Å². The molecule has 15 heteroatoms. The second-order valence-electron chi connectivity index (χ2n) is 6.44. The van der Waals surface area contributed by atoms with Crippen LogP contribution in [0, 0.1) is 0 Å². The molecule has 32 heavy (non-hydrogen) atoms. The van der Waals surface area contributed by atoms with E-state index in [0.717, 1.165) is 11.1 Å². The molecule has 3 aromatic rings. The number of aryl methyl sites for hydroxylation is 1. The van der Waals surface area contributed by atoms with Gasteiger partial charge >= 0.3 is 65.2 Å². The van der Waals surface area contributed by atoms with E-state index in [2.05, 4.69) is 24.9 Å². The fraction of sp³-hybridized carbons (Fsp3) is 0.235. The molecule has 12 nitrogen and oxygen atoms in total. The summed E-state index contributed by atoms with van der Waals surface area (Å²) >= 11 is 0. The first kappa shape index (κ1) is 27.1. The quantitative estimate of drug-likeness (QED) is 0.248. The fourth-order valence-corrected chi connectivity index (χ4v) is 3.26. The van der Waals surface area contributed by atoms with Crippen molar-refractivity contribution in [2.45, 2.75) is 6.10 Å². The molecular formula is C17H15N6Na2O6P. The van der Waals surface area contributed by atoms with Crippen LogP contribution in [0.1, 0.15) is 0 Å². The van der Waals surface area contributed by atoms with Gasteiger partial charge in [-0.1, -0.05) is 18.2 Å². The van der Waals surface area contributed by atoms with Crippen molar-refractivity contribution in [3.05, 3.63) is 42.6 Å². The maximum absolute atomic E-state index is 12.0. The molecule has 0 saturated carbocycles. The number of hydrogen-bond donors (Lipinski definition) is 0. The number of cyclic esters (lactones) is 1. The van der Waals surface area contributed by atoms with Gasteiger partial charge in [-0.3, -0.25) is 9.88 Å². The average molecular weight is 476 g/mol. The van der Waals surface area contributed by atoms with Crippen LogP contribution in [0.3, 0.4) is 0 Å². The van der Waals surface area contributed by atoms with Crippen molar-refractivity contribution in [3.8, 4) is 22.6 Å². The van der Waals surface area contributed by atoms with Gasteiger partial charge in [0, 0.05) is 17.4 Å². The second kappa shape index (κ2) is 11.3. The number of anilines is 1. The largest absolute Gasteiger partial charge is 1.00 e. The Morgan fingerprint density at radius 2 is 1.84 bits per heavy atom. The average Bonchev–Trinajstić information content (AvgIpc) is 3.32. The minimum atomic E-state index is -5.12. The van der Waals surface area contributed by atoms with Crippen LogP contribution in [0.4, 0.5) is 10.5 Å². The molecule has 1 amide bonds. The number of phosphoric acid groups is 1. The first-order valence-corrected chi connectivity index (χ1v) is 10.2. The van der Waals surface area contributed by atoms with Gasteiger partial charge in [0.2, 0.25) is 5.82 Å². The predicted molar refractivity (Wildman–Crippen MR) is 98.6 cm³/mol. The molecule has 1 fully saturated rings. The molecule has 0 N–H and O–H groups in total. The number of hydrogen-bond acceptors (Lipinski definition) is 10. The molecule has 3 heterocycles. The van der Waals surface area contributed by atoms with Gasteiger partial charge in [-0.2, -0.15) is 4.80 Å². The molecular weight excluding hydrogens is 461 g/mol. The van der Waals surface area contributed by atoms with Crippen molar-refractivity contribution < 1.29 is 87.5 Å². The van der Waals surface area contributed by atoms with E-state index >= 15 is 0 Å². The van der Waals surface area contributed by atoms with Gasteiger partial charge in [-0.15, -0.1) is 10.2 Å². The molecule has 156 valence electrons. The molecule has 2 aromatic heterocycles. The molecule has 0 spiro atoms. The summed E-state index contributed by atoms with van der Waals surface area (Å²) in [7, 11) is -3.45. The fourth-order valence-electron chi connectivity index (χ4n) is 2.91. The summed E-state index contributed by atoms with van der Waals surface area (Å²) in [6.07, 6.45) is 0.188. The van der Waals surface area contributed by atoms with E-state index in [1.54, 1.807) is 31.4 Å². The maximum atomic E-state index is 12.0. The number of phosphoric ester groups is 1. The molecule has 0 unspecified atom stereocenters. The van der Waals surface area contributed by atoms with Crippen LogP contribution in [-0.4, -0.2) is 50.5 Å². The van der Waals surface area contributed by atoms with Crippen LogP contribution in [0.2, 0.25) is 0 Å². The van der Waals surface area contributed by atoms with Crippen molar-refractivity contribution >= 4 is 19.6 Å². The van der Waals surface area contributed by atoms with Crippen LogP contribution in [0.5, 0.6) is 0 Å². The maximum Gasteiger partial charge on any atom is 1.00 e. The smallest absolute Gasteiger partial charge is 0.790 e. The zero-order valence-electron chi connectivity index (χ0n) is 17.6. The van der Waals surface area contributed by atoms with Crippen LogP contribution < -0.4 is 73.8 Å². The molecule has 1 aromatic carbocycles. The van der Waals surface area contributed by atoms with E-state index < -0.39 is 26.6 Å². The van der Waals surface area contributed by atoms with Crippen molar-refractivity contribution in [2.75, 3.05) is 18.1 Å². The zero-order chi connectivity index (χ0) is 21.3. The summed E-state index contributed by atoms with van der Waals surface area (Å²) in [6, 6.07) is 10.7. The molecule has 1 atom stereocenters. The standard InChI is InChI=1S/C17H17N6O6P.2Na/c1-22-20-16(19-21-22)15-7-4-12(8-18-15)11-2-5-13(6-3-11)23-9-14(29-17(23)24)10-28-30(25,26)27;;/h2-8,14H,9-10H2,1H3,(H2,25,26,27);;/q;2*+1/p-2/t14-;;/m1../s1. The molecule has 0 aliphatic carbocycles. The Labute approximate surface area is 227 Å². The Morgan fingerprint density at radius 1 is 1.16 bits per heavy atom. The van der Waals surface area contributed by atoms with Crippen molar-refractivity contribution in [1.29, 1.82) is 0 Å².